The molecule has 1 fully saturated rings. The summed E-state index contributed by atoms with van der Waals surface area (Å²) in [4.78, 5) is 2.57. The lowest BCUT2D eigenvalue weighted by Crippen LogP contribution is -2.43. The van der Waals surface area contributed by atoms with Crippen LogP contribution in [0.2, 0.25) is 0 Å². The van der Waals surface area contributed by atoms with E-state index < -0.39 is 0 Å². The van der Waals surface area contributed by atoms with Crippen molar-refractivity contribution in [2.24, 2.45) is 0 Å². The lowest BCUT2D eigenvalue weighted by molar-refractivity contribution is 0.167. The first kappa shape index (κ1) is 10.3. The zero-order valence-electron chi connectivity index (χ0n) is 10.00. The van der Waals surface area contributed by atoms with Crippen LogP contribution in [-0.4, -0.2) is 31.1 Å². The molecule has 0 aromatic heterocycles. The molecular formula is C14H20N2. The number of aryl methyl sites for hydroxylation is 1. The Balaban J connectivity index is 1.83. The molecule has 16 heavy (non-hydrogen) atoms. The maximum Gasteiger partial charge on any atom is 0.0208 e. The Hall–Kier alpha value is -0.860. The molecule has 0 saturated carbocycles. The molecule has 2 heterocycles. The second kappa shape index (κ2) is 4.19. The van der Waals surface area contributed by atoms with Gasteiger partial charge in [-0.1, -0.05) is 23.8 Å². The molecular weight excluding hydrogens is 196 g/mol. The summed E-state index contributed by atoms with van der Waals surface area (Å²) in [5, 5.41) is 3.54. The summed E-state index contributed by atoms with van der Waals surface area (Å²) in [7, 11) is 0. The number of benzene rings is 1. The Morgan fingerprint density at radius 3 is 3.00 bits per heavy atom. The van der Waals surface area contributed by atoms with Crippen LogP contribution in [0.25, 0.3) is 0 Å². The number of rotatable bonds is 2. The van der Waals surface area contributed by atoms with Crippen LogP contribution in [-0.2, 0) is 6.54 Å². The largest absolute Gasteiger partial charge is 0.312 e. The second-order valence-electron chi connectivity index (χ2n) is 5.18. The average molecular weight is 216 g/mol. The molecule has 86 valence electrons. The van der Waals surface area contributed by atoms with E-state index >= 15 is 0 Å². The summed E-state index contributed by atoms with van der Waals surface area (Å²) < 4.78 is 0. The quantitative estimate of drug-likeness (QED) is 0.812. The van der Waals surface area contributed by atoms with E-state index in [1.165, 1.54) is 37.2 Å². The van der Waals surface area contributed by atoms with Crippen molar-refractivity contribution in [2.75, 3.05) is 26.2 Å². The lowest BCUT2D eigenvalue weighted by atomic mass is 9.88. The third-order valence-corrected chi connectivity index (χ3v) is 3.87. The molecule has 2 heteroatoms. The van der Waals surface area contributed by atoms with Gasteiger partial charge in [0.25, 0.3) is 0 Å². The van der Waals surface area contributed by atoms with Crippen LogP contribution in [0.5, 0.6) is 0 Å². The summed E-state index contributed by atoms with van der Waals surface area (Å²) in [6.07, 6.45) is 1.39. The van der Waals surface area contributed by atoms with Crippen LogP contribution in [0.3, 0.4) is 0 Å². The van der Waals surface area contributed by atoms with Gasteiger partial charge in [0.05, 0.1) is 0 Å². The van der Waals surface area contributed by atoms with Crippen molar-refractivity contribution in [1.82, 2.24) is 10.2 Å². The van der Waals surface area contributed by atoms with Crippen LogP contribution in [0.1, 0.15) is 29.0 Å². The summed E-state index contributed by atoms with van der Waals surface area (Å²) in [5.74, 6) is 0.698. The van der Waals surface area contributed by atoms with Crippen molar-refractivity contribution < 1.29 is 0 Å². The van der Waals surface area contributed by atoms with Gasteiger partial charge in [-0.25, -0.2) is 0 Å². The first-order valence-corrected chi connectivity index (χ1v) is 6.35. The third kappa shape index (κ3) is 1.87. The molecule has 0 radical (unpaired) electrons. The van der Waals surface area contributed by atoms with Gasteiger partial charge in [-0.15, -0.1) is 0 Å². The minimum Gasteiger partial charge on any atom is -0.312 e. The Bertz CT molecular complexity index is 382. The van der Waals surface area contributed by atoms with Crippen LogP contribution in [0, 0.1) is 6.92 Å². The molecule has 2 aliphatic heterocycles. The topological polar surface area (TPSA) is 15.3 Å². The molecule has 3 rings (SSSR count). The van der Waals surface area contributed by atoms with E-state index in [0.717, 1.165) is 13.1 Å². The van der Waals surface area contributed by atoms with Gasteiger partial charge in [0.1, 0.15) is 0 Å². The van der Waals surface area contributed by atoms with Crippen LogP contribution < -0.4 is 5.32 Å². The molecule has 1 saturated heterocycles. The normalized spacial score (nSPS) is 24.9. The van der Waals surface area contributed by atoms with E-state index in [0.29, 0.717) is 5.92 Å². The Morgan fingerprint density at radius 1 is 1.38 bits per heavy atom. The van der Waals surface area contributed by atoms with Gasteiger partial charge in [0.15, 0.2) is 0 Å². The van der Waals surface area contributed by atoms with Crippen molar-refractivity contribution >= 4 is 0 Å². The Labute approximate surface area is 97.6 Å². The molecule has 1 atom stereocenters. The standard InChI is InChI=1S/C14H20N2/c1-11-3-4-12-8-15-9-13(14(12)7-11)10-16-5-2-6-16/h3-4,7,13,15H,2,5-6,8-10H2,1H3. The number of nitrogens with zero attached hydrogens (tertiary/aromatic N) is 1. The summed E-state index contributed by atoms with van der Waals surface area (Å²) in [5.41, 5.74) is 4.49. The van der Waals surface area contributed by atoms with E-state index in [-0.39, 0.29) is 0 Å². The molecule has 0 bridgehead atoms. The van der Waals surface area contributed by atoms with E-state index in [1.54, 1.807) is 5.56 Å². The predicted molar refractivity (Wildman–Crippen MR) is 66.7 cm³/mol. The van der Waals surface area contributed by atoms with Crippen LogP contribution >= 0.6 is 0 Å². The highest BCUT2D eigenvalue weighted by Gasteiger charge is 2.24. The van der Waals surface area contributed by atoms with Crippen molar-refractivity contribution in [3.63, 3.8) is 0 Å². The highest BCUT2D eigenvalue weighted by Crippen LogP contribution is 2.27. The summed E-state index contributed by atoms with van der Waals surface area (Å²) in [6.45, 7) is 8.24. The first-order valence-electron chi connectivity index (χ1n) is 6.35. The summed E-state index contributed by atoms with van der Waals surface area (Å²) in [6, 6.07) is 6.91. The van der Waals surface area contributed by atoms with Gasteiger partial charge >= 0.3 is 0 Å². The highest BCUT2D eigenvalue weighted by atomic mass is 15.2. The molecule has 2 nitrogen and oxygen atoms in total. The zero-order chi connectivity index (χ0) is 11.0. The van der Waals surface area contributed by atoms with E-state index in [2.05, 4.69) is 35.3 Å². The monoisotopic (exact) mass is 216 g/mol. The van der Waals surface area contributed by atoms with Crippen LogP contribution in [0.15, 0.2) is 18.2 Å². The zero-order valence-corrected chi connectivity index (χ0v) is 10.00. The molecule has 1 unspecified atom stereocenters. The van der Waals surface area contributed by atoms with Crippen molar-refractivity contribution in [1.29, 1.82) is 0 Å². The van der Waals surface area contributed by atoms with E-state index in [1.807, 2.05) is 0 Å². The fourth-order valence-corrected chi connectivity index (χ4v) is 2.79. The number of hydrogen-bond acceptors (Lipinski definition) is 2. The van der Waals surface area contributed by atoms with Gasteiger partial charge < -0.3 is 10.2 Å². The molecule has 0 amide bonds. The maximum absolute atomic E-state index is 3.54. The van der Waals surface area contributed by atoms with Gasteiger partial charge in [-0.3, -0.25) is 0 Å². The maximum atomic E-state index is 3.54. The van der Waals surface area contributed by atoms with Crippen molar-refractivity contribution in [3.05, 3.63) is 34.9 Å². The second-order valence-corrected chi connectivity index (χ2v) is 5.18. The van der Waals surface area contributed by atoms with Gasteiger partial charge in [0, 0.05) is 25.6 Å². The number of nitrogens with one attached hydrogen (secondary N) is 1. The molecule has 0 aliphatic carbocycles. The first-order chi connectivity index (χ1) is 7.83. The van der Waals surface area contributed by atoms with Crippen LogP contribution in [0.4, 0.5) is 0 Å². The molecule has 0 spiro atoms. The third-order valence-electron chi connectivity index (χ3n) is 3.87. The minimum absolute atomic E-state index is 0.698. The van der Waals surface area contributed by atoms with E-state index in [4.69, 9.17) is 0 Å². The average Bonchev–Trinajstić information content (AvgIpc) is 2.23. The van der Waals surface area contributed by atoms with Gasteiger partial charge in [-0.2, -0.15) is 0 Å². The smallest absolute Gasteiger partial charge is 0.0208 e. The molecule has 1 N–H and O–H groups in total. The van der Waals surface area contributed by atoms with Gasteiger partial charge in [-0.05, 0) is 37.6 Å². The number of fused-ring (bicyclic) bond motifs is 1. The Morgan fingerprint density at radius 2 is 2.25 bits per heavy atom. The van der Waals surface area contributed by atoms with Crippen molar-refractivity contribution in [3.8, 4) is 0 Å². The lowest BCUT2D eigenvalue weighted by Gasteiger charge is -2.36. The number of hydrogen-bond donors (Lipinski definition) is 1. The van der Waals surface area contributed by atoms with Gasteiger partial charge in [0.2, 0.25) is 0 Å². The summed E-state index contributed by atoms with van der Waals surface area (Å²) >= 11 is 0. The molecule has 2 aliphatic rings. The molecule has 1 aromatic carbocycles. The molecule has 1 aromatic rings. The highest BCUT2D eigenvalue weighted by molar-refractivity contribution is 5.36. The fourth-order valence-electron chi connectivity index (χ4n) is 2.79. The Kier molecular flexibility index (Phi) is 2.70. The SMILES string of the molecule is Cc1ccc2c(c1)C(CN1CCC1)CNC2. The predicted octanol–water partition coefficient (Wildman–Crippen LogP) is 1.89. The van der Waals surface area contributed by atoms with E-state index in [9.17, 15) is 0 Å². The van der Waals surface area contributed by atoms with Crippen molar-refractivity contribution in [2.45, 2.75) is 25.8 Å². The minimum atomic E-state index is 0.698. The number of likely N-dealkylation sites (tertiary alicyclic amines) is 1. The fraction of sp³-hybridized carbons (Fsp3) is 0.571.